The molecule has 0 bridgehead atoms. The van der Waals surface area contributed by atoms with E-state index in [0.717, 1.165) is 16.9 Å². The molecule has 1 heterocycles. The van der Waals surface area contributed by atoms with Crippen LogP contribution in [0.15, 0.2) is 78.9 Å². The Kier molecular flexibility index (Phi) is 5.43. The number of amides is 1. The summed E-state index contributed by atoms with van der Waals surface area (Å²) in [6.07, 6.45) is -0.219. The van der Waals surface area contributed by atoms with Crippen molar-refractivity contribution in [3.8, 4) is 28.4 Å². The molecule has 1 N–H and O–H groups in total. The van der Waals surface area contributed by atoms with E-state index in [1.165, 1.54) is 0 Å². The van der Waals surface area contributed by atoms with Crippen LogP contribution < -0.4 is 19.5 Å². The smallest absolute Gasteiger partial charge is 0.258 e. The Hall–Kier alpha value is -3.47. The van der Waals surface area contributed by atoms with Crippen LogP contribution in [0, 0.1) is 0 Å². The van der Waals surface area contributed by atoms with Gasteiger partial charge in [0.15, 0.2) is 18.1 Å². The third-order valence-corrected chi connectivity index (χ3v) is 4.43. The Morgan fingerprint density at radius 3 is 2.36 bits per heavy atom. The minimum absolute atomic E-state index is 0.0468. The van der Waals surface area contributed by atoms with Crippen LogP contribution in [0.4, 0.5) is 0 Å². The molecule has 0 saturated heterocycles. The van der Waals surface area contributed by atoms with Gasteiger partial charge in [0.25, 0.3) is 5.91 Å². The maximum atomic E-state index is 12.1. The van der Waals surface area contributed by atoms with Crippen LogP contribution in [-0.2, 0) is 4.79 Å². The fourth-order valence-electron chi connectivity index (χ4n) is 2.97. The Bertz CT molecular complexity index is 925. The van der Waals surface area contributed by atoms with Crippen molar-refractivity contribution >= 4 is 5.91 Å². The molecule has 28 heavy (non-hydrogen) atoms. The van der Waals surface area contributed by atoms with Gasteiger partial charge >= 0.3 is 0 Å². The van der Waals surface area contributed by atoms with Crippen LogP contribution in [0.1, 0.15) is 0 Å². The number of rotatable bonds is 6. The largest absolute Gasteiger partial charge is 0.486 e. The predicted molar refractivity (Wildman–Crippen MR) is 107 cm³/mol. The third-order valence-electron chi connectivity index (χ3n) is 4.43. The van der Waals surface area contributed by atoms with Gasteiger partial charge in [0.05, 0.1) is 6.54 Å². The highest BCUT2D eigenvalue weighted by Gasteiger charge is 2.21. The number of carbonyl (C=O) groups excluding carboxylic acids is 1. The minimum atomic E-state index is -0.219. The van der Waals surface area contributed by atoms with Crippen LogP contribution in [0.3, 0.4) is 0 Å². The standard InChI is InChI=1S/C23H21NO4/c25-23(24-14-20-15-27-21-8-4-5-9-22(21)28-20)16-26-19-12-10-18(11-13-19)17-6-2-1-3-7-17/h1-13,20H,14-16H2,(H,24,25). The molecule has 3 aromatic carbocycles. The summed E-state index contributed by atoms with van der Waals surface area (Å²) in [5, 5.41) is 2.82. The van der Waals surface area contributed by atoms with Crippen molar-refractivity contribution in [2.24, 2.45) is 0 Å². The van der Waals surface area contributed by atoms with Crippen molar-refractivity contribution in [3.63, 3.8) is 0 Å². The zero-order chi connectivity index (χ0) is 19.2. The highest BCUT2D eigenvalue weighted by atomic mass is 16.6. The molecule has 0 saturated carbocycles. The maximum Gasteiger partial charge on any atom is 0.258 e. The third kappa shape index (κ3) is 4.43. The maximum absolute atomic E-state index is 12.1. The van der Waals surface area contributed by atoms with Gasteiger partial charge in [-0.15, -0.1) is 0 Å². The second kappa shape index (κ2) is 8.48. The number of hydrogen-bond donors (Lipinski definition) is 1. The van der Waals surface area contributed by atoms with Gasteiger partial charge in [-0.2, -0.15) is 0 Å². The van der Waals surface area contributed by atoms with E-state index in [4.69, 9.17) is 14.2 Å². The summed E-state index contributed by atoms with van der Waals surface area (Å²) in [6, 6.07) is 25.3. The van der Waals surface area contributed by atoms with E-state index in [0.29, 0.717) is 24.7 Å². The Morgan fingerprint density at radius 2 is 1.57 bits per heavy atom. The number of hydrogen-bond acceptors (Lipinski definition) is 4. The van der Waals surface area contributed by atoms with Crippen LogP contribution in [0.5, 0.6) is 17.2 Å². The lowest BCUT2D eigenvalue weighted by molar-refractivity contribution is -0.123. The first kappa shape index (κ1) is 17.9. The predicted octanol–water partition coefficient (Wildman–Crippen LogP) is 3.69. The molecule has 1 unspecified atom stereocenters. The Labute approximate surface area is 163 Å². The van der Waals surface area contributed by atoms with Gasteiger partial charge < -0.3 is 19.5 Å². The van der Waals surface area contributed by atoms with Crippen LogP contribution in [-0.4, -0.2) is 31.8 Å². The van der Waals surface area contributed by atoms with Crippen LogP contribution in [0.2, 0.25) is 0 Å². The normalized spacial score (nSPS) is 14.9. The average molecular weight is 375 g/mol. The summed E-state index contributed by atoms with van der Waals surface area (Å²) in [6.45, 7) is 0.720. The van der Waals surface area contributed by atoms with E-state index in [-0.39, 0.29) is 18.6 Å². The molecule has 5 nitrogen and oxygen atoms in total. The topological polar surface area (TPSA) is 56.8 Å². The summed E-state index contributed by atoms with van der Waals surface area (Å²) < 4.78 is 17.0. The van der Waals surface area contributed by atoms with Crippen molar-refractivity contribution < 1.29 is 19.0 Å². The fourth-order valence-corrected chi connectivity index (χ4v) is 2.97. The van der Waals surface area contributed by atoms with E-state index in [9.17, 15) is 4.79 Å². The summed E-state index contributed by atoms with van der Waals surface area (Å²) in [5.74, 6) is 1.88. The second-order valence-corrected chi connectivity index (χ2v) is 6.48. The number of nitrogens with one attached hydrogen (secondary N) is 1. The first-order valence-electron chi connectivity index (χ1n) is 9.21. The molecule has 0 spiro atoms. The molecule has 0 aromatic heterocycles. The van der Waals surface area contributed by atoms with Gasteiger partial charge in [-0.25, -0.2) is 0 Å². The molecular weight excluding hydrogens is 354 g/mol. The monoisotopic (exact) mass is 375 g/mol. The lowest BCUT2D eigenvalue weighted by Gasteiger charge is -2.26. The van der Waals surface area contributed by atoms with Gasteiger partial charge in [0.2, 0.25) is 0 Å². The molecule has 4 rings (SSSR count). The summed E-state index contributed by atoms with van der Waals surface area (Å²) in [4.78, 5) is 12.1. The molecule has 5 heteroatoms. The SMILES string of the molecule is O=C(COc1ccc(-c2ccccc2)cc1)NCC1COc2ccccc2O1. The number of benzene rings is 3. The molecule has 1 aliphatic rings. The molecule has 3 aromatic rings. The molecule has 0 radical (unpaired) electrons. The van der Waals surface area contributed by atoms with Crippen molar-refractivity contribution in [3.05, 3.63) is 78.9 Å². The molecule has 0 aliphatic carbocycles. The van der Waals surface area contributed by atoms with E-state index in [1.807, 2.05) is 66.7 Å². The Balaban J connectivity index is 1.23. The van der Waals surface area contributed by atoms with Gasteiger partial charge in [-0.05, 0) is 35.4 Å². The average Bonchev–Trinajstić information content (AvgIpc) is 2.77. The molecule has 0 fully saturated rings. The van der Waals surface area contributed by atoms with E-state index < -0.39 is 0 Å². The first-order chi connectivity index (χ1) is 13.8. The summed E-state index contributed by atoms with van der Waals surface area (Å²) in [5.41, 5.74) is 2.25. The van der Waals surface area contributed by atoms with Crippen molar-refractivity contribution in [2.75, 3.05) is 19.8 Å². The molecule has 142 valence electrons. The van der Waals surface area contributed by atoms with E-state index in [1.54, 1.807) is 0 Å². The zero-order valence-corrected chi connectivity index (χ0v) is 15.3. The van der Waals surface area contributed by atoms with Crippen LogP contribution in [0.25, 0.3) is 11.1 Å². The summed E-state index contributed by atoms with van der Waals surface area (Å²) >= 11 is 0. The number of carbonyl (C=O) groups is 1. The molecule has 1 aliphatic heterocycles. The highest BCUT2D eigenvalue weighted by Crippen LogP contribution is 2.30. The van der Waals surface area contributed by atoms with Crippen molar-refractivity contribution in [1.29, 1.82) is 0 Å². The van der Waals surface area contributed by atoms with E-state index in [2.05, 4.69) is 17.4 Å². The first-order valence-corrected chi connectivity index (χ1v) is 9.21. The fraction of sp³-hybridized carbons (Fsp3) is 0.174. The van der Waals surface area contributed by atoms with Crippen molar-refractivity contribution in [1.82, 2.24) is 5.32 Å². The number of ether oxygens (including phenoxy) is 3. The van der Waals surface area contributed by atoms with Gasteiger partial charge in [0, 0.05) is 0 Å². The highest BCUT2D eigenvalue weighted by molar-refractivity contribution is 5.77. The van der Waals surface area contributed by atoms with E-state index >= 15 is 0 Å². The molecule has 1 atom stereocenters. The Morgan fingerprint density at radius 1 is 0.893 bits per heavy atom. The molecule has 1 amide bonds. The van der Waals surface area contributed by atoms with Crippen molar-refractivity contribution in [2.45, 2.75) is 6.10 Å². The lowest BCUT2D eigenvalue weighted by Crippen LogP contribution is -2.42. The van der Waals surface area contributed by atoms with Crippen LogP contribution >= 0.6 is 0 Å². The summed E-state index contributed by atoms with van der Waals surface area (Å²) in [7, 11) is 0. The van der Waals surface area contributed by atoms with Gasteiger partial charge in [-0.1, -0.05) is 54.6 Å². The van der Waals surface area contributed by atoms with Gasteiger partial charge in [0.1, 0.15) is 18.5 Å². The number of para-hydroxylation sites is 2. The number of fused-ring (bicyclic) bond motifs is 1. The molecular formula is C23H21NO4. The van der Waals surface area contributed by atoms with Gasteiger partial charge in [-0.3, -0.25) is 4.79 Å². The lowest BCUT2D eigenvalue weighted by atomic mass is 10.1. The minimum Gasteiger partial charge on any atom is -0.486 e. The second-order valence-electron chi connectivity index (χ2n) is 6.48. The quantitative estimate of drug-likeness (QED) is 0.714. The zero-order valence-electron chi connectivity index (χ0n) is 15.3.